The van der Waals surface area contributed by atoms with E-state index in [0.29, 0.717) is 12.5 Å². The molecule has 1 atom stereocenters. The van der Waals surface area contributed by atoms with Crippen molar-refractivity contribution in [1.82, 2.24) is 16.0 Å². The average Bonchev–Trinajstić information content (AvgIpc) is 2.72. The van der Waals surface area contributed by atoms with Gasteiger partial charge in [0, 0.05) is 6.54 Å². The Balaban J connectivity index is 1.22. The molecule has 9 heteroatoms. The summed E-state index contributed by atoms with van der Waals surface area (Å²) in [6.07, 6.45) is 7.77. The van der Waals surface area contributed by atoms with Gasteiger partial charge in [0.25, 0.3) is 5.91 Å². The lowest BCUT2D eigenvalue weighted by Gasteiger charge is -2.54. The first-order valence-electron chi connectivity index (χ1n) is 11.3. The quantitative estimate of drug-likeness (QED) is 0.450. The number of carboxylic acids is 1. The highest BCUT2D eigenvalue weighted by atomic mass is 35.5. The lowest BCUT2D eigenvalue weighted by atomic mass is 9.51. The molecule has 0 heterocycles. The van der Waals surface area contributed by atoms with Crippen LogP contribution in [0.25, 0.3) is 0 Å². The second-order valence-corrected chi connectivity index (χ2v) is 10.3. The number of carbonyl (C=O) groups excluding carboxylic acids is 2. The van der Waals surface area contributed by atoms with Crippen LogP contribution in [0.2, 0.25) is 10.0 Å². The lowest BCUT2D eigenvalue weighted by molar-refractivity contribution is -0.139. The van der Waals surface area contributed by atoms with Crippen molar-refractivity contribution in [3.8, 4) is 0 Å². The fourth-order valence-corrected chi connectivity index (χ4v) is 6.83. The summed E-state index contributed by atoms with van der Waals surface area (Å²) >= 11 is 12.0. The van der Waals surface area contributed by atoms with Crippen LogP contribution < -0.4 is 16.0 Å². The fraction of sp³-hybridized carbons (Fsp3) is 0.609. The SMILES string of the molecule is O=C(NCCC1C2CC3CC(C2)CC1C3)NC[C@H](NC(=O)c1c(Cl)cccc1Cl)C(=O)O. The molecule has 32 heavy (non-hydrogen) atoms. The molecule has 4 aliphatic rings. The molecule has 4 aliphatic carbocycles. The van der Waals surface area contributed by atoms with E-state index in [1.807, 2.05) is 0 Å². The van der Waals surface area contributed by atoms with Gasteiger partial charge in [-0.1, -0.05) is 29.3 Å². The van der Waals surface area contributed by atoms with Gasteiger partial charge in [0.2, 0.25) is 0 Å². The smallest absolute Gasteiger partial charge is 0.328 e. The molecule has 0 unspecified atom stereocenters. The van der Waals surface area contributed by atoms with E-state index in [0.717, 1.165) is 30.1 Å². The standard InChI is InChI=1S/C23H29Cl2N3O4/c24-17-2-1-3-18(25)20(17)21(29)28-19(22(30)31)11-27-23(32)26-5-4-16-14-7-12-6-13(9-14)10-15(16)8-12/h1-3,12-16,19H,4-11H2,(H,28,29)(H,30,31)(H2,26,27,32)/t12?,13?,14?,15?,16?,19-/m0/s1. The number of benzene rings is 1. The maximum Gasteiger partial charge on any atom is 0.328 e. The summed E-state index contributed by atoms with van der Waals surface area (Å²) in [6, 6.07) is 2.82. The number of carboxylic acid groups (broad SMARTS) is 1. The van der Waals surface area contributed by atoms with Gasteiger partial charge in [-0.15, -0.1) is 0 Å². The van der Waals surface area contributed by atoms with Crippen molar-refractivity contribution in [2.75, 3.05) is 13.1 Å². The molecular formula is C23H29Cl2N3O4. The van der Waals surface area contributed by atoms with E-state index >= 15 is 0 Å². The van der Waals surface area contributed by atoms with Gasteiger partial charge in [0.15, 0.2) is 0 Å². The van der Waals surface area contributed by atoms with Gasteiger partial charge < -0.3 is 21.1 Å². The molecule has 0 spiro atoms. The van der Waals surface area contributed by atoms with Gasteiger partial charge in [-0.2, -0.15) is 0 Å². The largest absolute Gasteiger partial charge is 0.480 e. The summed E-state index contributed by atoms with van der Waals surface area (Å²) in [5.41, 5.74) is 0.00204. The van der Waals surface area contributed by atoms with E-state index in [1.165, 1.54) is 44.2 Å². The number of carbonyl (C=O) groups is 3. The molecule has 7 nitrogen and oxygen atoms in total. The number of halogens is 2. The first-order valence-corrected chi connectivity index (χ1v) is 12.1. The lowest BCUT2D eigenvalue weighted by Crippen LogP contribution is -2.50. The topological polar surface area (TPSA) is 108 Å². The molecular weight excluding hydrogens is 453 g/mol. The molecule has 0 aromatic heterocycles. The Hall–Kier alpha value is -1.99. The zero-order valence-electron chi connectivity index (χ0n) is 17.8. The number of rotatable bonds is 8. The zero-order chi connectivity index (χ0) is 22.8. The molecule has 4 saturated carbocycles. The van der Waals surface area contributed by atoms with Crippen LogP contribution in [0, 0.1) is 29.6 Å². The van der Waals surface area contributed by atoms with E-state index in [1.54, 1.807) is 6.07 Å². The van der Waals surface area contributed by atoms with Gasteiger partial charge in [0.05, 0.1) is 22.2 Å². The van der Waals surface area contributed by atoms with Gasteiger partial charge >= 0.3 is 12.0 Å². The Labute approximate surface area is 197 Å². The van der Waals surface area contributed by atoms with Crippen molar-refractivity contribution in [2.24, 2.45) is 29.6 Å². The van der Waals surface area contributed by atoms with E-state index in [4.69, 9.17) is 23.2 Å². The molecule has 3 amide bonds. The minimum Gasteiger partial charge on any atom is -0.480 e. The van der Waals surface area contributed by atoms with E-state index in [2.05, 4.69) is 16.0 Å². The molecule has 4 fully saturated rings. The molecule has 0 radical (unpaired) electrons. The third-order valence-electron chi connectivity index (χ3n) is 7.45. The Morgan fingerprint density at radius 3 is 2.12 bits per heavy atom. The summed E-state index contributed by atoms with van der Waals surface area (Å²) < 4.78 is 0. The summed E-state index contributed by atoms with van der Waals surface area (Å²) in [5.74, 6) is 2.17. The normalized spacial score (nSPS) is 28.8. The number of hydrogen-bond donors (Lipinski definition) is 4. The highest BCUT2D eigenvalue weighted by Gasteiger charge is 2.47. The second kappa shape index (κ2) is 9.87. The molecule has 4 bridgehead atoms. The van der Waals surface area contributed by atoms with Crippen LogP contribution in [0.1, 0.15) is 48.9 Å². The third-order valence-corrected chi connectivity index (χ3v) is 8.08. The molecule has 0 saturated heterocycles. The predicted octanol–water partition coefficient (Wildman–Crippen LogP) is 3.94. The van der Waals surface area contributed by atoms with Crippen LogP contribution in [-0.2, 0) is 4.79 Å². The number of amides is 3. The number of hydrogen-bond acceptors (Lipinski definition) is 3. The van der Waals surface area contributed by atoms with Crippen LogP contribution in [0.5, 0.6) is 0 Å². The monoisotopic (exact) mass is 481 g/mol. The molecule has 4 N–H and O–H groups in total. The van der Waals surface area contributed by atoms with Crippen molar-refractivity contribution in [1.29, 1.82) is 0 Å². The molecule has 1 aromatic rings. The van der Waals surface area contributed by atoms with Crippen molar-refractivity contribution in [3.63, 3.8) is 0 Å². The van der Waals surface area contributed by atoms with Gasteiger partial charge in [-0.05, 0) is 80.2 Å². The van der Waals surface area contributed by atoms with Gasteiger partial charge in [-0.25, -0.2) is 9.59 Å². The average molecular weight is 482 g/mol. The third kappa shape index (κ3) is 5.15. The van der Waals surface area contributed by atoms with Crippen molar-refractivity contribution in [2.45, 2.75) is 44.6 Å². The highest BCUT2D eigenvalue weighted by Crippen LogP contribution is 2.57. The number of aliphatic carboxylic acids is 1. The Morgan fingerprint density at radius 2 is 1.56 bits per heavy atom. The van der Waals surface area contributed by atoms with Crippen LogP contribution in [-0.4, -0.2) is 42.1 Å². The van der Waals surface area contributed by atoms with Crippen LogP contribution in [0.4, 0.5) is 4.79 Å². The van der Waals surface area contributed by atoms with Crippen LogP contribution in [0.3, 0.4) is 0 Å². The van der Waals surface area contributed by atoms with Crippen molar-refractivity contribution in [3.05, 3.63) is 33.8 Å². The zero-order valence-corrected chi connectivity index (χ0v) is 19.3. The summed E-state index contributed by atoms with van der Waals surface area (Å²) in [4.78, 5) is 36.2. The van der Waals surface area contributed by atoms with Gasteiger partial charge in [0.1, 0.15) is 6.04 Å². The van der Waals surface area contributed by atoms with Crippen LogP contribution in [0.15, 0.2) is 18.2 Å². The van der Waals surface area contributed by atoms with E-state index in [9.17, 15) is 19.5 Å². The maximum atomic E-state index is 12.4. The van der Waals surface area contributed by atoms with E-state index < -0.39 is 23.9 Å². The van der Waals surface area contributed by atoms with Crippen LogP contribution >= 0.6 is 23.2 Å². The first-order chi connectivity index (χ1) is 15.3. The first kappa shape index (κ1) is 23.2. The molecule has 1 aromatic carbocycles. The minimum atomic E-state index is -1.31. The second-order valence-electron chi connectivity index (χ2n) is 9.48. The van der Waals surface area contributed by atoms with E-state index in [-0.39, 0.29) is 22.2 Å². The number of nitrogens with one attached hydrogen (secondary N) is 3. The molecule has 5 rings (SSSR count). The predicted molar refractivity (Wildman–Crippen MR) is 122 cm³/mol. The maximum absolute atomic E-state index is 12.4. The highest BCUT2D eigenvalue weighted by molar-refractivity contribution is 6.39. The Bertz CT molecular complexity index is 846. The van der Waals surface area contributed by atoms with Gasteiger partial charge in [-0.3, -0.25) is 4.79 Å². The summed E-state index contributed by atoms with van der Waals surface area (Å²) in [7, 11) is 0. The van der Waals surface area contributed by atoms with Crippen molar-refractivity contribution >= 4 is 41.1 Å². The Morgan fingerprint density at radius 1 is 0.969 bits per heavy atom. The van der Waals surface area contributed by atoms with Crippen molar-refractivity contribution < 1.29 is 19.5 Å². The summed E-state index contributed by atoms with van der Waals surface area (Å²) in [5, 5.41) is 17.4. The fourth-order valence-electron chi connectivity index (χ4n) is 6.26. The molecule has 0 aliphatic heterocycles. The number of urea groups is 1. The minimum absolute atomic E-state index is 0.00204. The summed E-state index contributed by atoms with van der Waals surface area (Å²) in [6.45, 7) is 0.311. The molecule has 174 valence electrons. The Kier molecular flexibility index (Phi) is 7.15.